The number of imidazole rings is 1. The summed E-state index contributed by atoms with van der Waals surface area (Å²) in [4.78, 5) is 19.1. The van der Waals surface area contributed by atoms with Crippen LogP contribution in [0.3, 0.4) is 0 Å². The van der Waals surface area contributed by atoms with Crippen LogP contribution in [0.5, 0.6) is 5.75 Å². The van der Waals surface area contributed by atoms with Crippen LogP contribution in [0, 0.1) is 5.82 Å². The molecule has 0 bridgehead atoms. The van der Waals surface area contributed by atoms with E-state index >= 15 is 0 Å². The minimum atomic E-state index is -0.634. The Kier molecular flexibility index (Phi) is 5.71. The van der Waals surface area contributed by atoms with Gasteiger partial charge in [-0.3, -0.25) is 9.51 Å². The molecule has 3 aromatic heterocycles. The summed E-state index contributed by atoms with van der Waals surface area (Å²) in [6.07, 6.45) is 4.69. The van der Waals surface area contributed by atoms with Crippen LogP contribution in [-0.2, 0) is 19.4 Å². The molecule has 1 aliphatic rings. The highest BCUT2D eigenvalue weighted by Crippen LogP contribution is 2.41. The van der Waals surface area contributed by atoms with Gasteiger partial charge in [0.15, 0.2) is 5.82 Å². The molecule has 0 spiro atoms. The Balaban J connectivity index is 1.48. The third kappa shape index (κ3) is 4.14. The maximum Gasteiger partial charge on any atom is 0.439 e. The highest BCUT2D eigenvalue weighted by atomic mass is 19.1. The molecule has 186 valence electrons. The Morgan fingerprint density at radius 3 is 2.81 bits per heavy atom. The fraction of sp³-hybridized carbons (Fsp3) is 0.207. The Bertz CT molecular complexity index is 1730. The van der Waals surface area contributed by atoms with Crippen LogP contribution in [0.4, 0.5) is 4.39 Å². The van der Waals surface area contributed by atoms with Crippen LogP contribution < -0.4 is 10.5 Å². The first-order valence-electron chi connectivity index (χ1n) is 12.3. The number of fused-ring (bicyclic) bond motifs is 3. The van der Waals surface area contributed by atoms with Gasteiger partial charge in [0.25, 0.3) is 0 Å². The van der Waals surface area contributed by atoms with Gasteiger partial charge < -0.3 is 9.14 Å². The predicted octanol–water partition coefficient (Wildman–Crippen LogP) is 5.56. The zero-order valence-corrected chi connectivity index (χ0v) is 20.5. The van der Waals surface area contributed by atoms with Crippen LogP contribution in [0.15, 0.2) is 70.1 Å². The number of H-pyrrole nitrogens is 1. The van der Waals surface area contributed by atoms with Crippen molar-refractivity contribution in [1.82, 2.24) is 19.5 Å². The van der Waals surface area contributed by atoms with E-state index in [4.69, 9.17) is 14.2 Å². The van der Waals surface area contributed by atoms with E-state index in [1.54, 1.807) is 6.07 Å². The molecule has 6 rings (SSSR count). The van der Waals surface area contributed by atoms with E-state index in [-0.39, 0.29) is 12.4 Å². The molecule has 0 aliphatic carbocycles. The van der Waals surface area contributed by atoms with Gasteiger partial charge in [0.2, 0.25) is 0 Å². The van der Waals surface area contributed by atoms with Gasteiger partial charge in [0.05, 0.1) is 11.4 Å². The van der Waals surface area contributed by atoms with Gasteiger partial charge in [-0.1, -0.05) is 42.8 Å². The smallest absolute Gasteiger partial charge is 0.439 e. The van der Waals surface area contributed by atoms with Crippen molar-refractivity contribution in [3.63, 3.8) is 0 Å². The second-order valence-electron chi connectivity index (χ2n) is 9.23. The first-order valence-corrected chi connectivity index (χ1v) is 12.3. The van der Waals surface area contributed by atoms with E-state index < -0.39 is 5.76 Å². The first kappa shape index (κ1) is 23.0. The number of nitrogens with one attached hydrogen (secondary N) is 1. The molecule has 5 aromatic rings. The molecule has 0 saturated carbocycles. The summed E-state index contributed by atoms with van der Waals surface area (Å²) in [5, 5.41) is 3.88. The van der Waals surface area contributed by atoms with Gasteiger partial charge in [-0.15, -0.1) is 0 Å². The third-order valence-corrected chi connectivity index (χ3v) is 6.78. The van der Waals surface area contributed by atoms with Crippen molar-refractivity contribution in [2.75, 3.05) is 0 Å². The van der Waals surface area contributed by atoms with Crippen molar-refractivity contribution in [1.29, 1.82) is 0 Å². The van der Waals surface area contributed by atoms with Crippen molar-refractivity contribution < 1.29 is 13.7 Å². The monoisotopic (exact) mass is 496 g/mol. The van der Waals surface area contributed by atoms with Crippen LogP contribution in [0.25, 0.3) is 16.8 Å². The summed E-state index contributed by atoms with van der Waals surface area (Å²) in [5.41, 5.74) is 8.46. The van der Waals surface area contributed by atoms with Gasteiger partial charge in [0, 0.05) is 29.8 Å². The summed E-state index contributed by atoms with van der Waals surface area (Å²) in [5.74, 6) is -0.258. The van der Waals surface area contributed by atoms with E-state index in [1.807, 2.05) is 25.1 Å². The van der Waals surface area contributed by atoms with E-state index in [1.165, 1.54) is 17.8 Å². The number of pyridine rings is 1. The second-order valence-corrected chi connectivity index (χ2v) is 9.23. The van der Waals surface area contributed by atoms with Crippen LogP contribution in [0.1, 0.15) is 59.7 Å². The average Bonchev–Trinajstić information content (AvgIpc) is 3.44. The zero-order valence-electron chi connectivity index (χ0n) is 20.5. The normalized spacial score (nSPS) is 14.1. The number of hydrogen-bond acceptors (Lipinski definition) is 5. The summed E-state index contributed by atoms with van der Waals surface area (Å²) < 4.78 is 27.1. The Morgan fingerprint density at radius 1 is 1.14 bits per heavy atom. The van der Waals surface area contributed by atoms with Gasteiger partial charge in [-0.2, -0.15) is 0 Å². The highest BCUT2D eigenvalue weighted by molar-refractivity contribution is 5.99. The zero-order chi connectivity index (χ0) is 25.5. The van der Waals surface area contributed by atoms with Crippen molar-refractivity contribution in [2.24, 2.45) is 0 Å². The van der Waals surface area contributed by atoms with Gasteiger partial charge in [-0.05, 0) is 59.9 Å². The molecule has 2 aromatic carbocycles. The first-order chi connectivity index (χ1) is 18.0. The highest BCUT2D eigenvalue weighted by Gasteiger charge is 2.24. The lowest BCUT2D eigenvalue weighted by molar-refractivity contribution is 0.305. The third-order valence-electron chi connectivity index (χ3n) is 6.78. The molecule has 1 N–H and O–H groups in total. The summed E-state index contributed by atoms with van der Waals surface area (Å²) >= 11 is 0. The van der Waals surface area contributed by atoms with Crippen molar-refractivity contribution in [3.8, 4) is 5.75 Å². The predicted molar refractivity (Wildman–Crippen MR) is 138 cm³/mol. The second kappa shape index (κ2) is 9.20. The van der Waals surface area contributed by atoms with E-state index in [0.29, 0.717) is 23.6 Å². The molecule has 0 unspecified atom stereocenters. The topological polar surface area (TPSA) is 85.4 Å². The molecule has 0 radical (unpaired) electrons. The summed E-state index contributed by atoms with van der Waals surface area (Å²) in [6.45, 7) is 4.29. The molecule has 0 fully saturated rings. The number of rotatable bonds is 5. The summed E-state index contributed by atoms with van der Waals surface area (Å²) in [6, 6.07) is 16.8. The SMILES string of the molecule is CCCc1nc2ccccn2c1Cc1ccc2c(c1)COc1cc(F)ccc1C2=C(C)c1noc(=O)[nH]1. The molecule has 0 saturated heterocycles. The molecular formula is C29H25FN4O3. The van der Waals surface area contributed by atoms with Crippen molar-refractivity contribution in [2.45, 2.75) is 39.7 Å². The molecule has 8 heteroatoms. The van der Waals surface area contributed by atoms with Gasteiger partial charge in [-0.25, -0.2) is 14.2 Å². The van der Waals surface area contributed by atoms with Crippen LogP contribution >= 0.6 is 0 Å². The number of nitrogens with zero attached hydrogens (tertiary/aromatic N) is 3. The fourth-order valence-corrected chi connectivity index (χ4v) is 5.07. The Labute approximate surface area is 212 Å². The number of allylic oxidation sites excluding steroid dienone is 1. The minimum absolute atomic E-state index is 0.278. The summed E-state index contributed by atoms with van der Waals surface area (Å²) in [7, 11) is 0. The molecule has 4 heterocycles. The molecule has 7 nitrogen and oxygen atoms in total. The van der Waals surface area contributed by atoms with Crippen molar-refractivity contribution >= 4 is 16.8 Å². The Hall–Kier alpha value is -4.46. The maximum absolute atomic E-state index is 14.1. The quantitative estimate of drug-likeness (QED) is 0.344. The van der Waals surface area contributed by atoms with E-state index in [9.17, 15) is 9.18 Å². The average molecular weight is 497 g/mol. The van der Waals surface area contributed by atoms with Crippen molar-refractivity contribution in [3.05, 3.63) is 117 Å². The maximum atomic E-state index is 14.1. The number of benzene rings is 2. The minimum Gasteiger partial charge on any atom is -0.488 e. The van der Waals surface area contributed by atoms with Gasteiger partial charge >= 0.3 is 5.76 Å². The molecule has 0 atom stereocenters. The number of hydrogen-bond donors (Lipinski definition) is 1. The largest absolute Gasteiger partial charge is 0.488 e. The van der Waals surface area contributed by atoms with Crippen LogP contribution in [0.2, 0.25) is 0 Å². The lowest BCUT2D eigenvalue weighted by atomic mass is 9.89. The lowest BCUT2D eigenvalue weighted by Crippen LogP contribution is -2.02. The number of aryl methyl sites for hydroxylation is 1. The standard InChI is InChI=1S/C29H25FN4O3/c1-3-6-23-24(34-12-5-4-7-26(34)31-23)14-18-8-10-21-19(13-18)16-36-25-15-20(30)9-11-22(25)27(21)17(2)28-32-29(35)37-33-28/h4-5,7-13,15H,3,6,14,16H2,1-2H3,(H,32,33,35). The van der Waals surface area contributed by atoms with Gasteiger partial charge in [0.1, 0.15) is 23.8 Å². The number of ether oxygens (including phenoxy) is 1. The molecule has 37 heavy (non-hydrogen) atoms. The van der Waals surface area contributed by atoms with E-state index in [0.717, 1.165) is 52.0 Å². The number of aromatic nitrogens is 4. The van der Waals surface area contributed by atoms with E-state index in [2.05, 4.69) is 45.9 Å². The molecular weight excluding hydrogens is 471 g/mol. The fourth-order valence-electron chi connectivity index (χ4n) is 5.07. The molecule has 1 aliphatic heterocycles. The number of aromatic amines is 1. The number of halogens is 1. The lowest BCUT2D eigenvalue weighted by Gasteiger charge is -2.14. The Morgan fingerprint density at radius 2 is 2.00 bits per heavy atom. The van der Waals surface area contributed by atoms with Crippen LogP contribution in [-0.4, -0.2) is 19.5 Å². The molecule has 0 amide bonds.